The van der Waals surface area contributed by atoms with Crippen molar-refractivity contribution in [2.24, 2.45) is 5.41 Å². The molecule has 7 rings (SSSR count). The first-order chi connectivity index (χ1) is 18.9. The van der Waals surface area contributed by atoms with E-state index in [4.69, 9.17) is 14.2 Å². The first-order valence-corrected chi connectivity index (χ1v) is 13.9. The number of anilines is 1. The fourth-order valence-corrected chi connectivity index (χ4v) is 6.73. The van der Waals surface area contributed by atoms with Crippen LogP contribution in [-0.2, 0) is 14.2 Å². The van der Waals surface area contributed by atoms with E-state index in [2.05, 4.69) is 30.5 Å². The number of benzene rings is 1. The first-order valence-electron chi connectivity index (χ1n) is 13.9. The molecule has 3 aromatic rings. The van der Waals surface area contributed by atoms with E-state index in [1.165, 1.54) is 25.6 Å². The summed E-state index contributed by atoms with van der Waals surface area (Å²) in [6.07, 6.45) is 5.72. The number of carbonyl (C=O) groups excluding carboxylic acids is 1. The summed E-state index contributed by atoms with van der Waals surface area (Å²) in [4.78, 5) is 28.7. The number of hydrogen-bond donors (Lipinski definition) is 2. The van der Waals surface area contributed by atoms with Crippen molar-refractivity contribution < 1.29 is 19.0 Å². The van der Waals surface area contributed by atoms with Crippen molar-refractivity contribution in [3.63, 3.8) is 0 Å². The topological polar surface area (TPSA) is 116 Å². The van der Waals surface area contributed by atoms with Gasteiger partial charge in [0.05, 0.1) is 6.33 Å². The molecule has 206 valence electrons. The molecule has 6 heterocycles. The summed E-state index contributed by atoms with van der Waals surface area (Å²) in [7, 11) is 0. The number of rotatable bonds is 5. The molecule has 0 saturated carbocycles. The molecule has 2 N–H and O–H groups in total. The highest BCUT2D eigenvalue weighted by Crippen LogP contribution is 2.45. The fraction of sp³-hybridized carbons (Fsp3) is 0.571. The number of likely N-dealkylation sites (tertiary alicyclic amines) is 1. The van der Waals surface area contributed by atoms with Gasteiger partial charge in [0.25, 0.3) is 5.91 Å². The minimum Gasteiger partial charge on any atom is -0.348 e. The van der Waals surface area contributed by atoms with Gasteiger partial charge in [0.15, 0.2) is 29.0 Å². The Morgan fingerprint density at radius 3 is 2.69 bits per heavy atom. The number of amides is 1. The van der Waals surface area contributed by atoms with Gasteiger partial charge in [0, 0.05) is 18.7 Å². The first kappa shape index (κ1) is 25.0. The van der Waals surface area contributed by atoms with E-state index in [1.54, 1.807) is 18.5 Å². The average Bonchev–Trinajstić information content (AvgIpc) is 3.68. The van der Waals surface area contributed by atoms with Crippen molar-refractivity contribution in [3.05, 3.63) is 48.5 Å². The molecule has 1 amide bonds. The van der Waals surface area contributed by atoms with Crippen molar-refractivity contribution in [1.82, 2.24) is 29.7 Å². The standard InChI is InChI=1S/C28H35N7O4/c1-27(2)38-21-19(14-34-13-10-28(15-34)8-11-29-12-9-28)37-26(22(21)39-27)35-17-32-20-23(30-16-31-24(20)35)33-25(36)18-6-4-3-5-7-18/h3-7,16-17,19,21-22,26,29H,8-15H2,1-2H3,(H,30,31,33,36)/t19-,21-,22-,26-/m1/s1. The van der Waals surface area contributed by atoms with Crippen LogP contribution in [0.4, 0.5) is 5.82 Å². The second kappa shape index (κ2) is 9.60. The summed E-state index contributed by atoms with van der Waals surface area (Å²) in [6, 6.07) is 9.03. The maximum atomic E-state index is 12.8. The normalized spacial score (nSPS) is 29.7. The third-order valence-electron chi connectivity index (χ3n) is 8.65. The Bertz CT molecular complexity index is 1360. The molecule has 2 aromatic heterocycles. The van der Waals surface area contributed by atoms with E-state index in [0.717, 1.165) is 32.7 Å². The molecule has 4 saturated heterocycles. The van der Waals surface area contributed by atoms with Gasteiger partial charge in [-0.1, -0.05) is 18.2 Å². The lowest BCUT2D eigenvalue weighted by atomic mass is 9.78. The molecule has 0 bridgehead atoms. The van der Waals surface area contributed by atoms with Crippen LogP contribution in [0, 0.1) is 5.41 Å². The van der Waals surface area contributed by atoms with Gasteiger partial charge in [0.1, 0.15) is 24.6 Å². The second-order valence-electron chi connectivity index (χ2n) is 11.7. The molecule has 0 aliphatic carbocycles. The fourth-order valence-electron chi connectivity index (χ4n) is 6.73. The van der Waals surface area contributed by atoms with Gasteiger partial charge in [-0.2, -0.15) is 0 Å². The second-order valence-corrected chi connectivity index (χ2v) is 11.7. The highest BCUT2D eigenvalue weighted by atomic mass is 16.8. The van der Waals surface area contributed by atoms with Crippen molar-refractivity contribution in [3.8, 4) is 0 Å². The highest BCUT2D eigenvalue weighted by Gasteiger charge is 2.56. The average molecular weight is 534 g/mol. The smallest absolute Gasteiger partial charge is 0.256 e. The van der Waals surface area contributed by atoms with Gasteiger partial charge in [-0.3, -0.25) is 9.36 Å². The number of fused-ring (bicyclic) bond motifs is 2. The zero-order valence-electron chi connectivity index (χ0n) is 22.4. The van der Waals surface area contributed by atoms with Gasteiger partial charge in [-0.05, 0) is 70.3 Å². The van der Waals surface area contributed by atoms with Crippen LogP contribution >= 0.6 is 0 Å². The van der Waals surface area contributed by atoms with Crippen LogP contribution in [0.15, 0.2) is 43.0 Å². The van der Waals surface area contributed by atoms with E-state index < -0.39 is 12.0 Å². The molecular formula is C28H35N7O4. The Kier molecular flexibility index (Phi) is 6.16. The number of nitrogens with one attached hydrogen (secondary N) is 2. The van der Waals surface area contributed by atoms with Crippen LogP contribution in [0.3, 0.4) is 0 Å². The number of ether oxygens (including phenoxy) is 3. The Morgan fingerprint density at radius 1 is 1.08 bits per heavy atom. The molecule has 4 aliphatic rings. The molecule has 0 unspecified atom stereocenters. The van der Waals surface area contributed by atoms with Crippen molar-refractivity contribution in [1.29, 1.82) is 0 Å². The van der Waals surface area contributed by atoms with E-state index in [9.17, 15) is 4.79 Å². The summed E-state index contributed by atoms with van der Waals surface area (Å²) in [6.45, 7) is 9.09. The van der Waals surface area contributed by atoms with Crippen LogP contribution < -0.4 is 10.6 Å². The van der Waals surface area contributed by atoms with Gasteiger partial charge < -0.3 is 29.7 Å². The van der Waals surface area contributed by atoms with Gasteiger partial charge in [0.2, 0.25) is 0 Å². The van der Waals surface area contributed by atoms with Gasteiger partial charge in [-0.15, -0.1) is 0 Å². The molecule has 0 radical (unpaired) electrons. The van der Waals surface area contributed by atoms with Crippen LogP contribution in [0.5, 0.6) is 0 Å². The monoisotopic (exact) mass is 533 g/mol. The molecule has 11 heteroatoms. The quantitative estimate of drug-likeness (QED) is 0.511. The number of aromatic nitrogens is 4. The van der Waals surface area contributed by atoms with Crippen molar-refractivity contribution in [2.75, 3.05) is 38.0 Å². The molecule has 1 aromatic carbocycles. The Balaban J connectivity index is 1.13. The lowest BCUT2D eigenvalue weighted by Gasteiger charge is -2.34. The van der Waals surface area contributed by atoms with E-state index >= 15 is 0 Å². The molecule has 1 spiro atoms. The zero-order valence-corrected chi connectivity index (χ0v) is 22.4. The predicted octanol–water partition coefficient (Wildman–Crippen LogP) is 2.57. The lowest BCUT2D eigenvalue weighted by Crippen LogP contribution is -2.42. The summed E-state index contributed by atoms with van der Waals surface area (Å²) in [5.74, 6) is -0.613. The van der Waals surface area contributed by atoms with E-state index in [-0.39, 0.29) is 24.2 Å². The molecule has 11 nitrogen and oxygen atoms in total. The molecule has 39 heavy (non-hydrogen) atoms. The zero-order chi connectivity index (χ0) is 26.6. The Hall–Kier alpha value is -2.96. The number of piperidine rings is 1. The Morgan fingerprint density at radius 2 is 1.87 bits per heavy atom. The van der Waals surface area contributed by atoms with Crippen LogP contribution in [0.25, 0.3) is 11.2 Å². The number of hydrogen-bond acceptors (Lipinski definition) is 9. The Labute approximate surface area is 227 Å². The molecule has 4 fully saturated rings. The number of nitrogens with zero attached hydrogens (tertiary/aromatic N) is 5. The van der Waals surface area contributed by atoms with Gasteiger partial charge >= 0.3 is 0 Å². The van der Waals surface area contributed by atoms with Crippen molar-refractivity contribution in [2.45, 2.75) is 63.4 Å². The van der Waals surface area contributed by atoms with Crippen molar-refractivity contribution >= 4 is 22.9 Å². The number of carbonyl (C=O) groups is 1. The summed E-state index contributed by atoms with van der Waals surface area (Å²) in [5, 5.41) is 6.38. The van der Waals surface area contributed by atoms with Crippen LogP contribution in [0.2, 0.25) is 0 Å². The molecule has 4 aliphatic heterocycles. The minimum absolute atomic E-state index is 0.143. The molecule has 4 atom stereocenters. The summed E-state index contributed by atoms with van der Waals surface area (Å²) in [5.41, 5.74) is 2.03. The maximum Gasteiger partial charge on any atom is 0.256 e. The third-order valence-corrected chi connectivity index (χ3v) is 8.65. The lowest BCUT2D eigenvalue weighted by molar-refractivity contribution is -0.197. The SMILES string of the molecule is CC1(C)O[C@@H]2[C@H](O1)[C@@H](CN1CCC3(CCNCC3)C1)O[C@H]2n1cnc2c(NC(=O)c3ccccc3)ncnc21. The van der Waals surface area contributed by atoms with Gasteiger partial charge in [-0.25, -0.2) is 15.0 Å². The maximum absolute atomic E-state index is 12.8. The summed E-state index contributed by atoms with van der Waals surface area (Å²) >= 11 is 0. The minimum atomic E-state index is -0.711. The van der Waals surface area contributed by atoms with Crippen LogP contribution in [-0.4, -0.2) is 87.1 Å². The largest absolute Gasteiger partial charge is 0.348 e. The highest BCUT2D eigenvalue weighted by molar-refractivity contribution is 6.06. The van der Waals surface area contributed by atoms with E-state index in [0.29, 0.717) is 28.0 Å². The third kappa shape index (κ3) is 4.62. The summed E-state index contributed by atoms with van der Waals surface area (Å²) < 4.78 is 21.3. The number of imidazole rings is 1. The molecular weight excluding hydrogens is 498 g/mol. The van der Waals surface area contributed by atoms with E-state index in [1.807, 2.05) is 36.6 Å². The predicted molar refractivity (Wildman–Crippen MR) is 143 cm³/mol. The van der Waals surface area contributed by atoms with Crippen LogP contribution in [0.1, 0.15) is 49.7 Å².